The van der Waals surface area contributed by atoms with E-state index >= 15 is 0 Å². The third kappa shape index (κ3) is 4.48. The van der Waals surface area contributed by atoms with E-state index in [9.17, 15) is 14.4 Å². The van der Waals surface area contributed by atoms with E-state index in [0.717, 1.165) is 24.3 Å². The number of hydrogen-bond donors (Lipinski definition) is 1. The average molecular weight is 349 g/mol. The predicted octanol–water partition coefficient (Wildman–Crippen LogP) is 4.36. The number of hydrogen-bond acceptors (Lipinski definition) is 3. The molecule has 1 N–H and O–H groups in total. The van der Waals surface area contributed by atoms with Crippen molar-refractivity contribution in [3.05, 3.63) is 65.5 Å². The second-order valence-corrected chi connectivity index (χ2v) is 6.27. The zero-order chi connectivity index (χ0) is 18.4. The lowest BCUT2D eigenvalue weighted by Crippen LogP contribution is -2.29. The van der Waals surface area contributed by atoms with Gasteiger partial charge >= 0.3 is 0 Å². The molecule has 0 spiro atoms. The van der Waals surface area contributed by atoms with Crippen LogP contribution in [-0.2, 0) is 4.79 Å². The van der Waals surface area contributed by atoms with Gasteiger partial charge in [-0.25, -0.2) is 4.39 Å². The molecule has 4 nitrogen and oxygen atoms in total. The van der Waals surface area contributed by atoms with E-state index in [2.05, 4.69) is 10.2 Å². The Morgan fingerprint density at radius 3 is 2.31 bits per heavy atom. The molecule has 1 aliphatic heterocycles. The van der Waals surface area contributed by atoms with Crippen molar-refractivity contribution in [1.29, 1.82) is 5.26 Å². The molecule has 1 saturated heterocycles. The van der Waals surface area contributed by atoms with Crippen molar-refractivity contribution < 1.29 is 9.18 Å². The number of anilines is 2. The van der Waals surface area contributed by atoms with Crippen LogP contribution in [0.15, 0.2) is 54.1 Å². The van der Waals surface area contributed by atoms with Gasteiger partial charge in [0, 0.05) is 24.5 Å². The molecule has 1 heterocycles. The van der Waals surface area contributed by atoms with Gasteiger partial charge in [-0.05, 0) is 67.3 Å². The maximum atomic E-state index is 12.9. The Kier molecular flexibility index (Phi) is 5.65. The number of nitrogens with one attached hydrogen (secondary N) is 1. The number of piperidine rings is 1. The number of nitrogens with zero attached hydrogens (tertiary/aromatic N) is 2. The van der Waals surface area contributed by atoms with Crippen LogP contribution >= 0.6 is 0 Å². The molecule has 1 amide bonds. The molecule has 0 radical (unpaired) electrons. The second kappa shape index (κ2) is 8.30. The van der Waals surface area contributed by atoms with Gasteiger partial charge in [0.25, 0.3) is 5.91 Å². The highest BCUT2D eigenvalue weighted by molar-refractivity contribution is 6.09. The molecule has 1 fully saturated rings. The lowest BCUT2D eigenvalue weighted by molar-refractivity contribution is -0.112. The van der Waals surface area contributed by atoms with Crippen molar-refractivity contribution in [3.63, 3.8) is 0 Å². The molecular weight excluding hydrogens is 329 g/mol. The number of benzene rings is 2. The molecule has 2 aromatic carbocycles. The minimum Gasteiger partial charge on any atom is -0.372 e. The Labute approximate surface area is 152 Å². The fourth-order valence-corrected chi connectivity index (χ4v) is 2.98. The molecule has 2 aromatic rings. The van der Waals surface area contributed by atoms with Crippen LogP contribution in [0.1, 0.15) is 24.8 Å². The highest BCUT2D eigenvalue weighted by Gasteiger charge is 2.12. The van der Waals surface area contributed by atoms with Crippen LogP contribution in [-0.4, -0.2) is 19.0 Å². The number of carbonyl (C=O) groups is 1. The summed E-state index contributed by atoms with van der Waals surface area (Å²) in [6.45, 7) is 2.14. The Balaban J connectivity index is 1.70. The first-order valence-electron chi connectivity index (χ1n) is 8.69. The van der Waals surface area contributed by atoms with Crippen molar-refractivity contribution in [3.8, 4) is 6.07 Å². The summed E-state index contributed by atoms with van der Waals surface area (Å²) in [6, 6.07) is 15.2. The minimum atomic E-state index is -0.515. The Morgan fingerprint density at radius 1 is 1.04 bits per heavy atom. The van der Waals surface area contributed by atoms with E-state index in [0.29, 0.717) is 5.69 Å². The first-order chi connectivity index (χ1) is 12.7. The zero-order valence-corrected chi connectivity index (χ0v) is 14.4. The van der Waals surface area contributed by atoms with Crippen molar-refractivity contribution in [1.82, 2.24) is 0 Å². The van der Waals surface area contributed by atoms with Gasteiger partial charge in [0.2, 0.25) is 0 Å². The van der Waals surface area contributed by atoms with E-state index in [-0.39, 0.29) is 11.4 Å². The number of rotatable bonds is 4. The van der Waals surface area contributed by atoms with Crippen LogP contribution in [0, 0.1) is 17.1 Å². The van der Waals surface area contributed by atoms with Crippen molar-refractivity contribution in [2.75, 3.05) is 23.3 Å². The summed E-state index contributed by atoms with van der Waals surface area (Å²) in [6.07, 6.45) is 5.26. The first kappa shape index (κ1) is 17.7. The molecule has 0 aromatic heterocycles. The molecule has 0 aliphatic carbocycles. The van der Waals surface area contributed by atoms with Crippen molar-refractivity contribution in [2.24, 2.45) is 0 Å². The molecule has 0 atom stereocenters. The third-order valence-electron chi connectivity index (χ3n) is 4.39. The van der Waals surface area contributed by atoms with Crippen LogP contribution in [0.3, 0.4) is 0 Å². The normalized spacial score (nSPS) is 14.6. The molecule has 3 rings (SSSR count). The number of nitriles is 1. The van der Waals surface area contributed by atoms with Gasteiger partial charge < -0.3 is 10.2 Å². The zero-order valence-electron chi connectivity index (χ0n) is 14.4. The van der Waals surface area contributed by atoms with Crippen LogP contribution in [0.5, 0.6) is 0 Å². The third-order valence-corrected chi connectivity index (χ3v) is 4.39. The average Bonchev–Trinajstić information content (AvgIpc) is 2.69. The van der Waals surface area contributed by atoms with Gasteiger partial charge in [-0.15, -0.1) is 0 Å². The molecule has 26 heavy (non-hydrogen) atoms. The summed E-state index contributed by atoms with van der Waals surface area (Å²) < 4.78 is 12.9. The van der Waals surface area contributed by atoms with Crippen LogP contribution in [0.2, 0.25) is 0 Å². The van der Waals surface area contributed by atoms with Gasteiger partial charge in [-0.1, -0.05) is 12.1 Å². The molecule has 1 aliphatic rings. The topological polar surface area (TPSA) is 56.1 Å². The number of amides is 1. The van der Waals surface area contributed by atoms with E-state index in [1.807, 2.05) is 30.3 Å². The minimum absolute atomic E-state index is 0.0000440. The summed E-state index contributed by atoms with van der Waals surface area (Å²) in [5, 5.41) is 11.9. The monoisotopic (exact) mass is 349 g/mol. The van der Waals surface area contributed by atoms with E-state index in [4.69, 9.17) is 0 Å². The highest BCUT2D eigenvalue weighted by atomic mass is 19.1. The van der Waals surface area contributed by atoms with E-state index in [1.165, 1.54) is 43.5 Å². The van der Waals surface area contributed by atoms with Crippen LogP contribution in [0.25, 0.3) is 6.08 Å². The molecule has 0 bridgehead atoms. The van der Waals surface area contributed by atoms with E-state index < -0.39 is 5.91 Å². The van der Waals surface area contributed by atoms with Gasteiger partial charge in [0.1, 0.15) is 17.5 Å². The van der Waals surface area contributed by atoms with Gasteiger partial charge in [0.15, 0.2) is 0 Å². The maximum absolute atomic E-state index is 12.9. The first-order valence-corrected chi connectivity index (χ1v) is 8.69. The second-order valence-electron chi connectivity index (χ2n) is 6.27. The summed E-state index contributed by atoms with van der Waals surface area (Å²) in [5.74, 6) is -0.896. The van der Waals surface area contributed by atoms with Crippen LogP contribution in [0.4, 0.5) is 15.8 Å². The molecular formula is C21H20FN3O. The summed E-state index contributed by atoms with van der Waals surface area (Å²) in [7, 11) is 0. The maximum Gasteiger partial charge on any atom is 0.266 e. The fraction of sp³-hybridized carbons (Fsp3) is 0.238. The smallest absolute Gasteiger partial charge is 0.266 e. The molecule has 0 unspecified atom stereocenters. The fourth-order valence-electron chi connectivity index (χ4n) is 2.98. The predicted molar refractivity (Wildman–Crippen MR) is 101 cm³/mol. The van der Waals surface area contributed by atoms with Gasteiger partial charge in [-0.2, -0.15) is 5.26 Å². The van der Waals surface area contributed by atoms with Gasteiger partial charge in [-0.3, -0.25) is 4.79 Å². The SMILES string of the molecule is N#C/C(=C/c1ccc(N2CCCCC2)cc1)C(=O)Nc1ccc(F)cc1. The van der Waals surface area contributed by atoms with Crippen molar-refractivity contribution in [2.45, 2.75) is 19.3 Å². The largest absolute Gasteiger partial charge is 0.372 e. The number of halogens is 1. The standard InChI is InChI=1S/C21H20FN3O/c22-18-6-8-19(9-7-18)24-21(26)17(15-23)14-16-4-10-20(11-5-16)25-12-2-1-3-13-25/h4-11,14H,1-3,12-13H2,(H,24,26)/b17-14-. The Morgan fingerprint density at radius 2 is 1.69 bits per heavy atom. The summed E-state index contributed by atoms with van der Waals surface area (Å²) >= 11 is 0. The molecule has 0 saturated carbocycles. The van der Waals surface area contributed by atoms with Crippen LogP contribution < -0.4 is 10.2 Å². The lowest BCUT2D eigenvalue weighted by atomic mass is 10.1. The Hall–Kier alpha value is -3.13. The quantitative estimate of drug-likeness (QED) is 0.659. The summed E-state index contributed by atoms with van der Waals surface area (Å²) in [4.78, 5) is 14.6. The van der Waals surface area contributed by atoms with Crippen molar-refractivity contribution >= 4 is 23.4 Å². The summed E-state index contributed by atoms with van der Waals surface area (Å²) in [5.41, 5.74) is 2.39. The lowest BCUT2D eigenvalue weighted by Gasteiger charge is -2.28. The Bertz CT molecular complexity index is 829. The molecule has 132 valence electrons. The highest BCUT2D eigenvalue weighted by Crippen LogP contribution is 2.21. The van der Waals surface area contributed by atoms with Gasteiger partial charge in [0.05, 0.1) is 0 Å². The molecule has 5 heteroatoms. The van der Waals surface area contributed by atoms with E-state index in [1.54, 1.807) is 6.08 Å². The number of carbonyl (C=O) groups excluding carboxylic acids is 1.